The summed E-state index contributed by atoms with van der Waals surface area (Å²) in [6.45, 7) is 2.83. The van der Waals surface area contributed by atoms with Gasteiger partial charge in [-0.2, -0.15) is 0 Å². The number of thioether (sulfide) groups is 1. The van der Waals surface area contributed by atoms with Gasteiger partial charge in [0.25, 0.3) is 5.22 Å². The Morgan fingerprint density at radius 1 is 1.31 bits per heavy atom. The largest absolute Gasteiger partial charge is 0.411 e. The number of benzene rings is 1. The van der Waals surface area contributed by atoms with E-state index in [9.17, 15) is 4.79 Å². The maximum atomic E-state index is 12.7. The SMILES string of the molecule is Cc1ccccc1-c1nnc(SCC(=O)N2CCCC2c2cccs2)o1. The molecule has 0 bridgehead atoms. The van der Waals surface area contributed by atoms with E-state index in [0.717, 1.165) is 30.5 Å². The number of likely N-dealkylation sites (tertiary alicyclic amines) is 1. The summed E-state index contributed by atoms with van der Waals surface area (Å²) in [4.78, 5) is 15.9. The number of amides is 1. The highest BCUT2D eigenvalue weighted by atomic mass is 32.2. The van der Waals surface area contributed by atoms with Crippen LogP contribution in [0, 0.1) is 6.92 Å². The number of aryl methyl sites for hydroxylation is 1. The van der Waals surface area contributed by atoms with Crippen LogP contribution in [0.3, 0.4) is 0 Å². The lowest BCUT2D eigenvalue weighted by atomic mass is 10.1. The summed E-state index contributed by atoms with van der Waals surface area (Å²) in [5.41, 5.74) is 2.01. The normalized spacial score (nSPS) is 17.0. The number of hydrogen-bond acceptors (Lipinski definition) is 6. The fourth-order valence-electron chi connectivity index (χ4n) is 3.24. The highest BCUT2D eigenvalue weighted by Crippen LogP contribution is 2.35. The number of carbonyl (C=O) groups excluding carboxylic acids is 1. The van der Waals surface area contributed by atoms with E-state index in [4.69, 9.17) is 4.42 Å². The van der Waals surface area contributed by atoms with Crippen molar-refractivity contribution in [1.29, 1.82) is 0 Å². The van der Waals surface area contributed by atoms with Crippen LogP contribution in [0.5, 0.6) is 0 Å². The molecular weight excluding hydrogens is 366 g/mol. The minimum absolute atomic E-state index is 0.126. The molecule has 0 aliphatic carbocycles. The second kappa shape index (κ2) is 7.63. The Bertz CT molecular complexity index is 892. The smallest absolute Gasteiger partial charge is 0.277 e. The molecule has 1 fully saturated rings. The van der Waals surface area contributed by atoms with Crippen LogP contribution in [0.1, 0.15) is 29.3 Å². The molecule has 5 nitrogen and oxygen atoms in total. The first-order chi connectivity index (χ1) is 12.7. The van der Waals surface area contributed by atoms with Gasteiger partial charge in [0.1, 0.15) is 0 Å². The molecule has 3 heterocycles. The first kappa shape index (κ1) is 17.3. The van der Waals surface area contributed by atoms with Crippen molar-refractivity contribution in [1.82, 2.24) is 15.1 Å². The minimum atomic E-state index is 0.126. The Morgan fingerprint density at radius 3 is 3.00 bits per heavy atom. The van der Waals surface area contributed by atoms with Crippen molar-refractivity contribution in [3.05, 3.63) is 52.2 Å². The predicted molar refractivity (Wildman–Crippen MR) is 103 cm³/mol. The summed E-state index contributed by atoms with van der Waals surface area (Å²) in [6, 6.07) is 12.3. The van der Waals surface area contributed by atoms with E-state index in [1.807, 2.05) is 42.2 Å². The van der Waals surface area contributed by atoms with Gasteiger partial charge in [-0.15, -0.1) is 21.5 Å². The molecule has 1 aliphatic rings. The van der Waals surface area contributed by atoms with Crippen molar-refractivity contribution < 1.29 is 9.21 Å². The summed E-state index contributed by atoms with van der Waals surface area (Å²) in [6.07, 6.45) is 2.09. The molecule has 1 atom stereocenters. The third kappa shape index (κ3) is 3.54. The highest BCUT2D eigenvalue weighted by molar-refractivity contribution is 7.99. The zero-order valence-electron chi connectivity index (χ0n) is 14.4. The van der Waals surface area contributed by atoms with Crippen LogP contribution in [-0.2, 0) is 4.79 Å². The number of carbonyl (C=O) groups is 1. The van der Waals surface area contributed by atoms with Gasteiger partial charge in [0.2, 0.25) is 11.8 Å². The van der Waals surface area contributed by atoms with Crippen molar-refractivity contribution in [3.8, 4) is 11.5 Å². The summed E-state index contributed by atoms with van der Waals surface area (Å²) in [5.74, 6) is 0.939. The van der Waals surface area contributed by atoms with Crippen molar-refractivity contribution in [2.24, 2.45) is 0 Å². The van der Waals surface area contributed by atoms with Crippen molar-refractivity contribution in [3.63, 3.8) is 0 Å². The molecule has 0 spiro atoms. The number of nitrogens with zero attached hydrogens (tertiary/aromatic N) is 3. The quantitative estimate of drug-likeness (QED) is 0.603. The summed E-state index contributed by atoms with van der Waals surface area (Å²) in [5, 5.41) is 10.7. The second-order valence-corrected chi connectivity index (χ2v) is 8.14. The van der Waals surface area contributed by atoms with Crippen LogP contribution in [-0.4, -0.2) is 33.3 Å². The average molecular weight is 386 g/mol. The number of hydrogen-bond donors (Lipinski definition) is 0. The van der Waals surface area contributed by atoms with Crippen molar-refractivity contribution >= 4 is 29.0 Å². The third-order valence-electron chi connectivity index (χ3n) is 4.55. The topological polar surface area (TPSA) is 59.2 Å². The molecule has 3 aromatic rings. The molecule has 1 amide bonds. The summed E-state index contributed by atoms with van der Waals surface area (Å²) >= 11 is 3.02. The van der Waals surface area contributed by atoms with E-state index in [1.54, 1.807) is 11.3 Å². The van der Waals surface area contributed by atoms with Gasteiger partial charge in [-0.3, -0.25) is 4.79 Å². The lowest BCUT2D eigenvalue weighted by Gasteiger charge is -2.23. The Morgan fingerprint density at radius 2 is 2.19 bits per heavy atom. The van der Waals surface area contributed by atoms with Gasteiger partial charge in [-0.25, -0.2) is 0 Å². The molecule has 2 aromatic heterocycles. The van der Waals surface area contributed by atoms with Crippen LogP contribution in [0.2, 0.25) is 0 Å². The molecule has 0 N–H and O–H groups in total. The third-order valence-corrected chi connectivity index (χ3v) is 6.32. The van der Waals surface area contributed by atoms with Gasteiger partial charge in [0.05, 0.1) is 11.8 Å². The van der Waals surface area contributed by atoms with Gasteiger partial charge < -0.3 is 9.32 Å². The first-order valence-corrected chi connectivity index (χ1v) is 10.4. The summed E-state index contributed by atoms with van der Waals surface area (Å²) in [7, 11) is 0. The first-order valence-electron chi connectivity index (χ1n) is 8.57. The van der Waals surface area contributed by atoms with E-state index in [-0.39, 0.29) is 11.9 Å². The van der Waals surface area contributed by atoms with Gasteiger partial charge >= 0.3 is 0 Å². The maximum absolute atomic E-state index is 12.7. The molecule has 0 saturated carbocycles. The Kier molecular flexibility index (Phi) is 5.08. The van der Waals surface area contributed by atoms with E-state index < -0.39 is 0 Å². The Hall–Kier alpha value is -2.12. The zero-order valence-corrected chi connectivity index (χ0v) is 16.1. The highest BCUT2D eigenvalue weighted by Gasteiger charge is 2.30. The second-order valence-electron chi connectivity index (χ2n) is 6.24. The van der Waals surface area contributed by atoms with Gasteiger partial charge in [-0.05, 0) is 42.8 Å². The standard InChI is InChI=1S/C19H19N3O2S2/c1-13-6-2-3-7-14(13)18-20-21-19(24-18)26-12-17(23)22-10-4-8-15(22)16-9-5-11-25-16/h2-3,5-7,9,11,15H,4,8,10,12H2,1H3. The van der Waals surface area contributed by atoms with Crippen LogP contribution >= 0.6 is 23.1 Å². The van der Waals surface area contributed by atoms with E-state index in [2.05, 4.69) is 21.6 Å². The molecule has 26 heavy (non-hydrogen) atoms. The van der Waals surface area contributed by atoms with E-state index in [1.165, 1.54) is 16.6 Å². The van der Waals surface area contributed by atoms with Crippen LogP contribution in [0.15, 0.2) is 51.4 Å². The van der Waals surface area contributed by atoms with E-state index >= 15 is 0 Å². The molecule has 1 aliphatic heterocycles. The number of rotatable bonds is 5. The monoisotopic (exact) mass is 385 g/mol. The molecule has 1 aromatic carbocycles. The summed E-state index contributed by atoms with van der Waals surface area (Å²) < 4.78 is 5.73. The fraction of sp³-hybridized carbons (Fsp3) is 0.316. The molecular formula is C19H19N3O2S2. The average Bonchev–Trinajstić information content (AvgIpc) is 3.40. The number of thiophene rings is 1. The van der Waals surface area contributed by atoms with Crippen LogP contribution in [0.4, 0.5) is 0 Å². The minimum Gasteiger partial charge on any atom is -0.411 e. The van der Waals surface area contributed by atoms with Gasteiger partial charge in [0, 0.05) is 17.0 Å². The van der Waals surface area contributed by atoms with Crippen molar-refractivity contribution in [2.45, 2.75) is 31.0 Å². The molecule has 1 unspecified atom stereocenters. The van der Waals surface area contributed by atoms with Crippen LogP contribution < -0.4 is 0 Å². The lowest BCUT2D eigenvalue weighted by molar-refractivity contribution is -0.129. The van der Waals surface area contributed by atoms with Gasteiger partial charge in [0.15, 0.2) is 0 Å². The molecule has 4 rings (SSSR count). The van der Waals surface area contributed by atoms with E-state index in [0.29, 0.717) is 16.9 Å². The lowest BCUT2D eigenvalue weighted by Crippen LogP contribution is -2.31. The fourth-order valence-corrected chi connectivity index (χ4v) is 4.76. The van der Waals surface area contributed by atoms with Gasteiger partial charge in [-0.1, -0.05) is 36.0 Å². The Balaban J connectivity index is 1.40. The number of aromatic nitrogens is 2. The van der Waals surface area contributed by atoms with Crippen LogP contribution in [0.25, 0.3) is 11.5 Å². The molecule has 134 valence electrons. The Labute approximate surface area is 160 Å². The van der Waals surface area contributed by atoms with Crippen molar-refractivity contribution in [2.75, 3.05) is 12.3 Å². The predicted octanol–water partition coefficient (Wildman–Crippen LogP) is 4.56. The molecule has 7 heteroatoms. The molecule has 0 radical (unpaired) electrons. The zero-order chi connectivity index (χ0) is 17.9. The molecule has 1 saturated heterocycles. The maximum Gasteiger partial charge on any atom is 0.277 e.